The summed E-state index contributed by atoms with van der Waals surface area (Å²) in [7, 11) is 0. The van der Waals surface area contributed by atoms with E-state index in [9.17, 15) is 14.4 Å². The second-order valence-corrected chi connectivity index (χ2v) is 14.0. The summed E-state index contributed by atoms with van der Waals surface area (Å²) in [6.45, 7) is 7.76. The number of hydrogen-bond donors (Lipinski definition) is 1. The average Bonchev–Trinajstić information content (AvgIpc) is 2.82. The van der Waals surface area contributed by atoms with Gasteiger partial charge in [0.05, 0.1) is 20.1 Å². The molecule has 6 nitrogen and oxygen atoms in total. The topological polar surface area (TPSA) is 81.7 Å². The van der Waals surface area contributed by atoms with Crippen molar-refractivity contribution in [3.8, 4) is 5.75 Å². The van der Waals surface area contributed by atoms with E-state index in [0.717, 1.165) is 0 Å². The lowest BCUT2D eigenvalue weighted by Gasteiger charge is -2.42. The summed E-state index contributed by atoms with van der Waals surface area (Å²) in [5.41, 5.74) is 1.48. The molecule has 0 saturated carbocycles. The molecule has 0 saturated heterocycles. The molecule has 1 amide bonds. The van der Waals surface area contributed by atoms with Crippen molar-refractivity contribution >= 4 is 69.6 Å². The highest BCUT2D eigenvalue weighted by Crippen LogP contribution is 2.54. The number of carbonyl (C=O) groups excluding carboxylic acids is 3. The van der Waals surface area contributed by atoms with Gasteiger partial charge in [-0.1, -0.05) is 74.1 Å². The van der Waals surface area contributed by atoms with Crippen LogP contribution in [0.25, 0.3) is 0 Å². The van der Waals surface area contributed by atoms with Gasteiger partial charge >= 0.3 is 0 Å². The van der Waals surface area contributed by atoms with Crippen LogP contribution in [0.5, 0.6) is 5.75 Å². The first-order chi connectivity index (χ1) is 19.1. The van der Waals surface area contributed by atoms with Crippen LogP contribution in [0, 0.1) is 10.8 Å². The molecule has 1 aliphatic heterocycles. The fourth-order valence-corrected chi connectivity index (χ4v) is 6.71. The van der Waals surface area contributed by atoms with Crippen LogP contribution in [-0.2, 0) is 19.1 Å². The van der Waals surface area contributed by atoms with Crippen LogP contribution < -0.4 is 10.1 Å². The highest BCUT2D eigenvalue weighted by molar-refractivity contribution is 6.42. The van der Waals surface area contributed by atoms with Gasteiger partial charge in [-0.2, -0.15) is 0 Å². The number of ketones is 2. The monoisotopic (exact) mass is 635 g/mol. The van der Waals surface area contributed by atoms with Crippen molar-refractivity contribution in [1.82, 2.24) is 0 Å². The van der Waals surface area contributed by atoms with Crippen LogP contribution in [0.15, 0.2) is 53.0 Å². The first-order valence-corrected chi connectivity index (χ1v) is 14.7. The Morgan fingerprint density at radius 3 is 1.88 bits per heavy atom. The fraction of sp³-hybridized carbons (Fsp3) is 0.387. The lowest BCUT2D eigenvalue weighted by molar-refractivity contribution is -0.120. The van der Waals surface area contributed by atoms with Gasteiger partial charge in [-0.05, 0) is 46.7 Å². The number of benzene rings is 2. The standard InChI is InChI=1S/C31H29Cl4NO5/c1-30(2)10-21(37)27-23(12-30)41-24-13-31(3,4)11-22(38)28(24)26(27)15-7-19(34)29(20(35)8-15)40-14-25(39)36-16-5-6-17(32)18(33)9-16/h5-9,26H,10-14H2,1-4H3,(H,36,39). The van der Waals surface area contributed by atoms with E-state index in [4.69, 9.17) is 55.9 Å². The van der Waals surface area contributed by atoms with E-state index in [1.807, 2.05) is 27.7 Å². The molecule has 216 valence electrons. The van der Waals surface area contributed by atoms with Gasteiger partial charge in [0, 0.05) is 48.4 Å². The highest BCUT2D eigenvalue weighted by atomic mass is 35.5. The quantitative estimate of drug-likeness (QED) is 0.355. The van der Waals surface area contributed by atoms with Gasteiger partial charge in [-0.25, -0.2) is 0 Å². The van der Waals surface area contributed by atoms with Gasteiger partial charge in [0.1, 0.15) is 11.5 Å². The Balaban J connectivity index is 1.46. The summed E-state index contributed by atoms with van der Waals surface area (Å²) in [4.78, 5) is 39.5. The van der Waals surface area contributed by atoms with Gasteiger partial charge in [-0.3, -0.25) is 14.4 Å². The van der Waals surface area contributed by atoms with Crippen LogP contribution in [0.2, 0.25) is 20.1 Å². The third kappa shape index (κ3) is 6.17. The number of ether oxygens (including phenoxy) is 2. The van der Waals surface area contributed by atoms with Crippen LogP contribution in [-0.4, -0.2) is 24.1 Å². The Morgan fingerprint density at radius 1 is 0.829 bits per heavy atom. The summed E-state index contributed by atoms with van der Waals surface area (Å²) in [5.74, 6) is 0.0968. The number of carbonyl (C=O) groups is 3. The summed E-state index contributed by atoms with van der Waals surface area (Å²) in [6, 6.07) is 8.00. The molecular weight excluding hydrogens is 608 g/mol. The first kappa shape index (κ1) is 30.0. The second-order valence-electron chi connectivity index (χ2n) is 12.4. The zero-order valence-electron chi connectivity index (χ0n) is 23.1. The van der Waals surface area contributed by atoms with E-state index in [1.165, 1.54) is 6.07 Å². The van der Waals surface area contributed by atoms with Gasteiger partial charge < -0.3 is 14.8 Å². The van der Waals surface area contributed by atoms with Crippen molar-refractivity contribution in [3.05, 3.63) is 78.7 Å². The normalized spacial score (nSPS) is 19.9. The molecule has 0 radical (unpaired) electrons. The van der Waals surface area contributed by atoms with E-state index in [1.54, 1.807) is 24.3 Å². The maximum atomic E-state index is 13.5. The van der Waals surface area contributed by atoms with Crippen LogP contribution in [0.3, 0.4) is 0 Å². The Bertz CT molecular complexity index is 1480. The molecule has 10 heteroatoms. The Kier molecular flexibility index (Phi) is 8.01. The van der Waals surface area contributed by atoms with Gasteiger partial charge in [0.2, 0.25) is 0 Å². The number of halogens is 4. The number of anilines is 1. The van der Waals surface area contributed by atoms with Crippen molar-refractivity contribution in [1.29, 1.82) is 0 Å². The lowest BCUT2D eigenvalue weighted by Crippen LogP contribution is -2.37. The minimum Gasteiger partial charge on any atom is -0.481 e. The molecule has 0 atom stereocenters. The van der Waals surface area contributed by atoms with Gasteiger partial charge in [0.15, 0.2) is 23.9 Å². The number of hydrogen-bond acceptors (Lipinski definition) is 5. The molecule has 2 aliphatic carbocycles. The number of Topliss-reactive ketones (excluding diaryl/α,β-unsaturated/α-hetero) is 2. The maximum Gasteiger partial charge on any atom is 0.262 e. The molecule has 2 aromatic rings. The predicted octanol–water partition coefficient (Wildman–Crippen LogP) is 8.72. The number of amides is 1. The largest absolute Gasteiger partial charge is 0.481 e. The minimum atomic E-state index is -0.650. The van der Waals surface area contributed by atoms with Crippen LogP contribution >= 0.6 is 46.4 Å². The average molecular weight is 637 g/mol. The van der Waals surface area contributed by atoms with Crippen LogP contribution in [0.4, 0.5) is 5.69 Å². The molecule has 41 heavy (non-hydrogen) atoms. The van der Waals surface area contributed by atoms with E-state index < -0.39 is 11.8 Å². The molecule has 0 bridgehead atoms. The van der Waals surface area contributed by atoms with E-state index in [0.29, 0.717) is 69.6 Å². The third-order valence-electron chi connectivity index (χ3n) is 7.49. The van der Waals surface area contributed by atoms with Crippen molar-refractivity contribution in [2.75, 3.05) is 11.9 Å². The summed E-state index contributed by atoms with van der Waals surface area (Å²) >= 11 is 25.2. The SMILES string of the molecule is CC1(C)CC(=O)C2=C(C1)OC1=C(C(=O)CC(C)(C)C1)C2c1cc(Cl)c(OCC(=O)Nc2ccc(Cl)c(Cl)c2)c(Cl)c1. The Morgan fingerprint density at radius 2 is 1.37 bits per heavy atom. The third-order valence-corrected chi connectivity index (χ3v) is 8.79. The molecule has 5 rings (SSSR count). The zero-order valence-corrected chi connectivity index (χ0v) is 26.1. The summed E-state index contributed by atoms with van der Waals surface area (Å²) < 4.78 is 12.0. The molecular formula is C31H29Cl4NO5. The maximum absolute atomic E-state index is 13.5. The number of nitrogens with one attached hydrogen (secondary N) is 1. The second kappa shape index (κ2) is 11.0. The van der Waals surface area contributed by atoms with Crippen molar-refractivity contribution in [3.63, 3.8) is 0 Å². The molecule has 1 N–H and O–H groups in total. The molecule has 2 aromatic carbocycles. The van der Waals surface area contributed by atoms with Crippen LogP contribution in [0.1, 0.15) is 64.9 Å². The predicted molar refractivity (Wildman–Crippen MR) is 161 cm³/mol. The highest BCUT2D eigenvalue weighted by Gasteiger charge is 2.48. The first-order valence-electron chi connectivity index (χ1n) is 13.2. The van der Waals surface area contributed by atoms with Gasteiger partial charge in [-0.15, -0.1) is 0 Å². The molecule has 0 fully saturated rings. The van der Waals surface area contributed by atoms with Gasteiger partial charge in [0.25, 0.3) is 5.91 Å². The van der Waals surface area contributed by atoms with E-state index >= 15 is 0 Å². The summed E-state index contributed by atoms with van der Waals surface area (Å²) in [6.07, 6.45) is 1.83. The fourth-order valence-electron chi connectivity index (χ4n) is 5.80. The van der Waals surface area contributed by atoms with Crippen molar-refractivity contribution in [2.45, 2.75) is 59.3 Å². The Labute approximate surface area is 259 Å². The molecule has 0 aromatic heterocycles. The molecule has 0 spiro atoms. The summed E-state index contributed by atoms with van der Waals surface area (Å²) in [5, 5.41) is 3.64. The Hall–Kier alpha value is -2.51. The zero-order chi connectivity index (χ0) is 29.9. The van der Waals surface area contributed by atoms with Crippen molar-refractivity contribution in [2.24, 2.45) is 10.8 Å². The van der Waals surface area contributed by atoms with Crippen molar-refractivity contribution < 1.29 is 23.9 Å². The van der Waals surface area contributed by atoms with E-state index in [2.05, 4.69) is 5.32 Å². The minimum absolute atomic E-state index is 0.0584. The molecule has 0 unspecified atom stereocenters. The smallest absolute Gasteiger partial charge is 0.262 e. The number of allylic oxidation sites excluding steroid dienone is 4. The molecule has 3 aliphatic rings. The van der Waals surface area contributed by atoms with E-state index in [-0.39, 0.29) is 44.8 Å². The number of rotatable bonds is 5. The molecule has 1 heterocycles. The lowest BCUT2D eigenvalue weighted by atomic mass is 9.65.